The standard InChI is InChI=1S/C16H21N3O/c20-16(11-12-5-1-2-6-12)17-10-9-15-18-13-7-3-4-8-14(13)19-15/h3-4,7-8,12H,1-2,5-6,9-11H2,(H,17,20)(H,18,19). The van der Waals surface area contributed by atoms with Gasteiger partial charge in [0.05, 0.1) is 11.0 Å². The molecule has 0 unspecified atom stereocenters. The number of carbonyl (C=O) groups is 1. The number of nitrogens with one attached hydrogen (secondary N) is 2. The molecule has 0 saturated heterocycles. The molecule has 1 amide bonds. The Balaban J connectivity index is 1.45. The van der Waals surface area contributed by atoms with E-state index in [0.717, 1.165) is 23.3 Å². The predicted molar refractivity (Wildman–Crippen MR) is 79.4 cm³/mol. The summed E-state index contributed by atoms with van der Waals surface area (Å²) in [5.41, 5.74) is 2.04. The van der Waals surface area contributed by atoms with E-state index < -0.39 is 0 Å². The number of aromatic amines is 1. The SMILES string of the molecule is O=C(CC1CCCC1)NCCc1nc2ccccc2[nH]1. The minimum atomic E-state index is 0.188. The first-order valence-electron chi connectivity index (χ1n) is 7.51. The van der Waals surface area contributed by atoms with E-state index >= 15 is 0 Å². The summed E-state index contributed by atoms with van der Waals surface area (Å²) in [5.74, 6) is 1.74. The van der Waals surface area contributed by atoms with Crippen molar-refractivity contribution in [2.45, 2.75) is 38.5 Å². The van der Waals surface area contributed by atoms with Crippen molar-refractivity contribution in [1.29, 1.82) is 0 Å². The number of carbonyl (C=O) groups excluding carboxylic acids is 1. The van der Waals surface area contributed by atoms with Crippen LogP contribution in [0.3, 0.4) is 0 Å². The van der Waals surface area contributed by atoms with Gasteiger partial charge in [0.15, 0.2) is 0 Å². The van der Waals surface area contributed by atoms with Gasteiger partial charge < -0.3 is 10.3 Å². The number of hydrogen-bond acceptors (Lipinski definition) is 2. The second-order valence-electron chi connectivity index (χ2n) is 5.66. The van der Waals surface area contributed by atoms with E-state index in [1.807, 2.05) is 24.3 Å². The molecule has 0 atom stereocenters. The Morgan fingerprint density at radius 2 is 2.10 bits per heavy atom. The summed E-state index contributed by atoms with van der Waals surface area (Å²) in [6.45, 7) is 0.658. The second kappa shape index (κ2) is 6.07. The monoisotopic (exact) mass is 271 g/mol. The zero-order chi connectivity index (χ0) is 13.8. The van der Waals surface area contributed by atoms with Crippen LogP contribution in [-0.2, 0) is 11.2 Å². The van der Waals surface area contributed by atoms with Crippen LogP contribution in [0.5, 0.6) is 0 Å². The molecule has 3 rings (SSSR count). The molecule has 4 heteroatoms. The van der Waals surface area contributed by atoms with Crippen molar-refractivity contribution in [1.82, 2.24) is 15.3 Å². The molecule has 0 spiro atoms. The van der Waals surface area contributed by atoms with Gasteiger partial charge in [-0.2, -0.15) is 0 Å². The number of nitrogens with zero attached hydrogens (tertiary/aromatic N) is 1. The molecule has 4 nitrogen and oxygen atoms in total. The Morgan fingerprint density at radius 3 is 2.90 bits per heavy atom. The highest BCUT2D eigenvalue weighted by molar-refractivity contribution is 5.76. The lowest BCUT2D eigenvalue weighted by molar-refractivity contribution is -0.121. The van der Waals surface area contributed by atoms with Crippen LogP contribution < -0.4 is 5.32 Å². The van der Waals surface area contributed by atoms with Crippen LogP contribution in [0.25, 0.3) is 11.0 Å². The second-order valence-corrected chi connectivity index (χ2v) is 5.66. The molecule has 1 aliphatic rings. The molecule has 1 aliphatic carbocycles. The topological polar surface area (TPSA) is 57.8 Å². The van der Waals surface area contributed by atoms with E-state index in [1.54, 1.807) is 0 Å². The Kier molecular flexibility index (Phi) is 4.00. The quantitative estimate of drug-likeness (QED) is 0.878. The summed E-state index contributed by atoms with van der Waals surface area (Å²) in [5, 5.41) is 3.00. The van der Waals surface area contributed by atoms with Crippen LogP contribution >= 0.6 is 0 Å². The fraction of sp³-hybridized carbons (Fsp3) is 0.500. The average Bonchev–Trinajstić information content (AvgIpc) is 3.07. The van der Waals surface area contributed by atoms with Crippen molar-refractivity contribution in [3.05, 3.63) is 30.1 Å². The highest BCUT2D eigenvalue weighted by atomic mass is 16.1. The Morgan fingerprint density at radius 1 is 1.30 bits per heavy atom. The van der Waals surface area contributed by atoms with Gasteiger partial charge in [-0.25, -0.2) is 4.98 Å². The predicted octanol–water partition coefficient (Wildman–Crippen LogP) is 2.80. The van der Waals surface area contributed by atoms with Crippen molar-refractivity contribution in [3.8, 4) is 0 Å². The van der Waals surface area contributed by atoms with Gasteiger partial charge in [-0.05, 0) is 30.9 Å². The zero-order valence-corrected chi connectivity index (χ0v) is 11.7. The molecular weight excluding hydrogens is 250 g/mol. The average molecular weight is 271 g/mol. The Labute approximate surface area is 119 Å². The van der Waals surface area contributed by atoms with E-state index in [0.29, 0.717) is 18.9 Å². The summed E-state index contributed by atoms with van der Waals surface area (Å²) in [6, 6.07) is 7.99. The molecule has 1 fully saturated rings. The molecule has 2 N–H and O–H groups in total. The van der Waals surface area contributed by atoms with Gasteiger partial charge in [-0.1, -0.05) is 25.0 Å². The highest BCUT2D eigenvalue weighted by Gasteiger charge is 2.18. The summed E-state index contributed by atoms with van der Waals surface area (Å²) in [7, 11) is 0. The molecule has 20 heavy (non-hydrogen) atoms. The Bertz CT molecular complexity index is 551. The van der Waals surface area contributed by atoms with E-state index in [1.165, 1.54) is 25.7 Å². The first-order valence-corrected chi connectivity index (χ1v) is 7.51. The summed E-state index contributed by atoms with van der Waals surface area (Å²) >= 11 is 0. The van der Waals surface area contributed by atoms with Gasteiger partial charge in [-0.15, -0.1) is 0 Å². The molecule has 1 aromatic carbocycles. The minimum Gasteiger partial charge on any atom is -0.356 e. The number of aromatic nitrogens is 2. The van der Waals surface area contributed by atoms with Crippen molar-refractivity contribution >= 4 is 16.9 Å². The zero-order valence-electron chi connectivity index (χ0n) is 11.7. The number of para-hydroxylation sites is 2. The third-order valence-electron chi connectivity index (χ3n) is 4.07. The first kappa shape index (κ1) is 13.2. The first-order chi connectivity index (χ1) is 9.81. The molecule has 2 aromatic rings. The lowest BCUT2D eigenvalue weighted by Gasteiger charge is -2.08. The van der Waals surface area contributed by atoms with E-state index in [4.69, 9.17) is 0 Å². The third kappa shape index (κ3) is 3.18. The molecule has 1 aromatic heterocycles. The molecule has 0 bridgehead atoms. The lowest BCUT2D eigenvalue weighted by Crippen LogP contribution is -2.27. The molecular formula is C16H21N3O. The van der Waals surface area contributed by atoms with E-state index in [-0.39, 0.29) is 5.91 Å². The fourth-order valence-electron chi connectivity index (χ4n) is 2.99. The smallest absolute Gasteiger partial charge is 0.220 e. The van der Waals surface area contributed by atoms with Crippen LogP contribution in [0, 0.1) is 5.92 Å². The molecule has 1 saturated carbocycles. The number of imidazole rings is 1. The molecule has 0 aliphatic heterocycles. The number of H-pyrrole nitrogens is 1. The number of amides is 1. The largest absolute Gasteiger partial charge is 0.356 e. The molecule has 1 heterocycles. The van der Waals surface area contributed by atoms with Crippen LogP contribution in [0.4, 0.5) is 0 Å². The number of benzene rings is 1. The van der Waals surface area contributed by atoms with Gasteiger partial charge in [0.25, 0.3) is 0 Å². The highest BCUT2D eigenvalue weighted by Crippen LogP contribution is 2.27. The van der Waals surface area contributed by atoms with Crippen LogP contribution in [-0.4, -0.2) is 22.4 Å². The minimum absolute atomic E-state index is 0.188. The van der Waals surface area contributed by atoms with Crippen LogP contribution in [0.15, 0.2) is 24.3 Å². The number of hydrogen-bond donors (Lipinski definition) is 2. The van der Waals surface area contributed by atoms with E-state index in [9.17, 15) is 4.79 Å². The summed E-state index contributed by atoms with van der Waals surface area (Å²) in [6.07, 6.45) is 6.47. The fourth-order valence-corrected chi connectivity index (χ4v) is 2.99. The maximum absolute atomic E-state index is 11.8. The maximum atomic E-state index is 11.8. The summed E-state index contributed by atoms with van der Waals surface area (Å²) in [4.78, 5) is 19.6. The van der Waals surface area contributed by atoms with Crippen molar-refractivity contribution in [2.24, 2.45) is 5.92 Å². The van der Waals surface area contributed by atoms with Crippen molar-refractivity contribution in [3.63, 3.8) is 0 Å². The lowest BCUT2D eigenvalue weighted by atomic mass is 10.0. The van der Waals surface area contributed by atoms with Crippen molar-refractivity contribution < 1.29 is 4.79 Å². The Hall–Kier alpha value is -1.84. The summed E-state index contributed by atoms with van der Waals surface area (Å²) < 4.78 is 0. The molecule has 0 radical (unpaired) electrons. The van der Waals surface area contributed by atoms with Crippen LogP contribution in [0.1, 0.15) is 37.9 Å². The number of rotatable bonds is 5. The molecule has 106 valence electrons. The third-order valence-corrected chi connectivity index (χ3v) is 4.07. The van der Waals surface area contributed by atoms with Gasteiger partial charge >= 0.3 is 0 Å². The van der Waals surface area contributed by atoms with Gasteiger partial charge in [-0.3, -0.25) is 4.79 Å². The normalized spacial score (nSPS) is 15.8. The van der Waals surface area contributed by atoms with E-state index in [2.05, 4.69) is 15.3 Å². The van der Waals surface area contributed by atoms with Crippen molar-refractivity contribution in [2.75, 3.05) is 6.54 Å². The van der Waals surface area contributed by atoms with Gasteiger partial charge in [0.2, 0.25) is 5.91 Å². The van der Waals surface area contributed by atoms with Gasteiger partial charge in [0, 0.05) is 19.4 Å². The number of fused-ring (bicyclic) bond motifs is 1. The maximum Gasteiger partial charge on any atom is 0.220 e. The van der Waals surface area contributed by atoms with Crippen LogP contribution in [0.2, 0.25) is 0 Å². The van der Waals surface area contributed by atoms with Gasteiger partial charge in [0.1, 0.15) is 5.82 Å².